The first-order valence-electron chi connectivity index (χ1n) is 6.92. The van der Waals surface area contributed by atoms with Crippen LogP contribution in [0.4, 0.5) is 0 Å². The van der Waals surface area contributed by atoms with Crippen LogP contribution >= 0.6 is 0 Å². The number of nitrogens with zero attached hydrogens (tertiary/aromatic N) is 1. The molecule has 1 aromatic rings. The molecule has 0 amide bonds. The van der Waals surface area contributed by atoms with Crippen LogP contribution in [0.2, 0.25) is 0 Å². The first kappa shape index (κ1) is 13.4. The van der Waals surface area contributed by atoms with E-state index in [2.05, 4.69) is 35.3 Å². The van der Waals surface area contributed by atoms with Crippen molar-refractivity contribution in [3.8, 4) is 5.75 Å². The van der Waals surface area contributed by atoms with Crippen molar-refractivity contribution < 1.29 is 4.74 Å². The molecule has 0 aliphatic carbocycles. The number of methoxy groups -OCH3 is 1. The molecule has 100 valence electrons. The van der Waals surface area contributed by atoms with E-state index in [9.17, 15) is 0 Å². The van der Waals surface area contributed by atoms with Gasteiger partial charge in [0.05, 0.1) is 7.11 Å². The maximum Gasteiger partial charge on any atom is 0.123 e. The molecule has 1 N–H and O–H groups in total. The average molecular weight is 248 g/mol. The van der Waals surface area contributed by atoms with Crippen molar-refractivity contribution in [2.45, 2.75) is 32.9 Å². The Labute approximate surface area is 110 Å². The van der Waals surface area contributed by atoms with Gasteiger partial charge in [0.15, 0.2) is 0 Å². The Morgan fingerprint density at radius 1 is 1.28 bits per heavy atom. The highest BCUT2D eigenvalue weighted by Gasteiger charge is 2.12. The van der Waals surface area contributed by atoms with Crippen molar-refractivity contribution in [1.29, 1.82) is 0 Å². The molecule has 0 radical (unpaired) electrons. The van der Waals surface area contributed by atoms with Gasteiger partial charge >= 0.3 is 0 Å². The molecule has 1 aliphatic rings. The van der Waals surface area contributed by atoms with Gasteiger partial charge in [0, 0.05) is 18.7 Å². The van der Waals surface area contributed by atoms with E-state index in [0.29, 0.717) is 0 Å². The topological polar surface area (TPSA) is 24.5 Å². The highest BCUT2D eigenvalue weighted by molar-refractivity contribution is 5.37. The van der Waals surface area contributed by atoms with Gasteiger partial charge in [-0.25, -0.2) is 0 Å². The zero-order valence-electron chi connectivity index (χ0n) is 11.5. The van der Waals surface area contributed by atoms with E-state index in [1.165, 1.54) is 37.1 Å². The molecule has 0 bridgehead atoms. The fraction of sp³-hybridized carbons (Fsp3) is 0.600. The molecule has 1 aliphatic heterocycles. The van der Waals surface area contributed by atoms with Crippen LogP contribution in [0.3, 0.4) is 0 Å². The third kappa shape index (κ3) is 3.47. The smallest absolute Gasteiger partial charge is 0.123 e. The van der Waals surface area contributed by atoms with Gasteiger partial charge < -0.3 is 10.1 Å². The quantitative estimate of drug-likeness (QED) is 0.836. The van der Waals surface area contributed by atoms with E-state index in [1.54, 1.807) is 7.11 Å². The number of rotatable bonds is 6. The Morgan fingerprint density at radius 3 is 2.72 bits per heavy atom. The molecule has 1 fully saturated rings. The summed E-state index contributed by atoms with van der Waals surface area (Å²) in [6.07, 6.45) is 2.69. The van der Waals surface area contributed by atoms with Crippen LogP contribution in [0.15, 0.2) is 18.2 Å². The summed E-state index contributed by atoms with van der Waals surface area (Å²) in [5.41, 5.74) is 2.60. The normalized spacial score (nSPS) is 16.1. The number of benzene rings is 1. The second-order valence-corrected chi connectivity index (χ2v) is 4.91. The molecule has 0 saturated carbocycles. The maximum atomic E-state index is 5.49. The molecule has 1 heterocycles. The van der Waals surface area contributed by atoms with Crippen LogP contribution < -0.4 is 10.1 Å². The van der Waals surface area contributed by atoms with E-state index in [-0.39, 0.29) is 0 Å². The summed E-state index contributed by atoms with van der Waals surface area (Å²) in [5, 5.41) is 3.34. The third-order valence-electron chi connectivity index (χ3n) is 3.52. The fourth-order valence-corrected chi connectivity index (χ4v) is 2.49. The number of hydrogen-bond acceptors (Lipinski definition) is 3. The fourth-order valence-electron chi connectivity index (χ4n) is 2.49. The predicted octanol–water partition coefficient (Wildman–Crippen LogP) is 2.40. The third-order valence-corrected chi connectivity index (χ3v) is 3.52. The van der Waals surface area contributed by atoms with Crippen molar-refractivity contribution in [2.24, 2.45) is 0 Å². The maximum absolute atomic E-state index is 5.49. The first-order chi connectivity index (χ1) is 8.83. The van der Waals surface area contributed by atoms with Crippen LogP contribution in [0, 0.1) is 0 Å². The Balaban J connectivity index is 2.03. The molecular weight excluding hydrogens is 224 g/mol. The van der Waals surface area contributed by atoms with Crippen molar-refractivity contribution in [3.05, 3.63) is 29.3 Å². The monoisotopic (exact) mass is 248 g/mol. The number of hydrogen-bond donors (Lipinski definition) is 1. The van der Waals surface area contributed by atoms with Crippen LogP contribution in [0.25, 0.3) is 0 Å². The van der Waals surface area contributed by atoms with Gasteiger partial charge in [-0.05, 0) is 44.1 Å². The molecule has 2 rings (SSSR count). The van der Waals surface area contributed by atoms with Crippen molar-refractivity contribution in [2.75, 3.05) is 26.7 Å². The van der Waals surface area contributed by atoms with Crippen LogP contribution in [0.1, 0.15) is 30.9 Å². The van der Waals surface area contributed by atoms with E-state index in [0.717, 1.165) is 25.4 Å². The predicted molar refractivity (Wildman–Crippen MR) is 74.9 cm³/mol. The summed E-state index contributed by atoms with van der Waals surface area (Å²) in [4.78, 5) is 2.51. The Kier molecular flexibility index (Phi) is 5.02. The van der Waals surface area contributed by atoms with Crippen LogP contribution in [-0.2, 0) is 13.1 Å². The lowest BCUT2D eigenvalue weighted by Gasteiger charge is -2.16. The summed E-state index contributed by atoms with van der Waals surface area (Å²) in [7, 11) is 1.75. The lowest BCUT2D eigenvalue weighted by atomic mass is 10.1. The second-order valence-electron chi connectivity index (χ2n) is 4.91. The number of nitrogens with one attached hydrogen (secondary N) is 1. The van der Waals surface area contributed by atoms with E-state index in [1.807, 2.05) is 0 Å². The summed E-state index contributed by atoms with van der Waals surface area (Å²) in [6, 6.07) is 6.60. The summed E-state index contributed by atoms with van der Waals surface area (Å²) in [6.45, 7) is 7.51. The molecule has 3 nitrogen and oxygen atoms in total. The van der Waals surface area contributed by atoms with Crippen molar-refractivity contribution in [1.82, 2.24) is 10.2 Å². The van der Waals surface area contributed by atoms with Gasteiger partial charge in [-0.2, -0.15) is 0 Å². The molecule has 0 spiro atoms. The van der Waals surface area contributed by atoms with Gasteiger partial charge in [-0.1, -0.05) is 19.1 Å². The molecule has 3 heteroatoms. The molecule has 0 unspecified atom stereocenters. The molecule has 18 heavy (non-hydrogen) atoms. The first-order valence-corrected chi connectivity index (χ1v) is 6.92. The van der Waals surface area contributed by atoms with Gasteiger partial charge in [-0.15, -0.1) is 0 Å². The molecule has 0 atom stereocenters. The second kappa shape index (κ2) is 6.76. The summed E-state index contributed by atoms with van der Waals surface area (Å²) < 4.78 is 5.49. The number of likely N-dealkylation sites (tertiary alicyclic amines) is 1. The van der Waals surface area contributed by atoms with Crippen LogP contribution in [-0.4, -0.2) is 31.6 Å². The minimum Gasteiger partial charge on any atom is -0.496 e. The summed E-state index contributed by atoms with van der Waals surface area (Å²) in [5.74, 6) is 1.01. The van der Waals surface area contributed by atoms with Crippen molar-refractivity contribution in [3.63, 3.8) is 0 Å². The standard InChI is InChI=1S/C15H24N2O/c1-3-16-11-14-7-6-13(10-15(14)18-2)12-17-8-4-5-9-17/h6-7,10,16H,3-5,8-9,11-12H2,1-2H3. The highest BCUT2D eigenvalue weighted by atomic mass is 16.5. The largest absolute Gasteiger partial charge is 0.496 e. The lowest BCUT2D eigenvalue weighted by Crippen LogP contribution is -2.18. The average Bonchev–Trinajstić information content (AvgIpc) is 2.90. The molecule has 0 aromatic heterocycles. The lowest BCUT2D eigenvalue weighted by molar-refractivity contribution is 0.330. The van der Waals surface area contributed by atoms with E-state index in [4.69, 9.17) is 4.74 Å². The minimum atomic E-state index is 0.879. The van der Waals surface area contributed by atoms with Crippen molar-refractivity contribution >= 4 is 0 Å². The van der Waals surface area contributed by atoms with Gasteiger partial charge in [0.25, 0.3) is 0 Å². The van der Waals surface area contributed by atoms with Gasteiger partial charge in [0.1, 0.15) is 5.75 Å². The molecule has 1 saturated heterocycles. The van der Waals surface area contributed by atoms with E-state index >= 15 is 0 Å². The molecule has 1 aromatic carbocycles. The summed E-state index contributed by atoms with van der Waals surface area (Å²) >= 11 is 0. The number of ether oxygens (including phenoxy) is 1. The Morgan fingerprint density at radius 2 is 2.06 bits per heavy atom. The minimum absolute atomic E-state index is 0.879. The van der Waals surface area contributed by atoms with Gasteiger partial charge in [-0.3, -0.25) is 4.90 Å². The Bertz CT molecular complexity index is 373. The van der Waals surface area contributed by atoms with Gasteiger partial charge in [0.2, 0.25) is 0 Å². The zero-order valence-corrected chi connectivity index (χ0v) is 11.5. The zero-order chi connectivity index (χ0) is 12.8. The SMILES string of the molecule is CCNCc1ccc(CN2CCCC2)cc1OC. The van der Waals surface area contributed by atoms with E-state index < -0.39 is 0 Å². The van der Waals surface area contributed by atoms with Crippen LogP contribution in [0.5, 0.6) is 5.75 Å². The highest BCUT2D eigenvalue weighted by Crippen LogP contribution is 2.22. The molecular formula is C15H24N2O. The Hall–Kier alpha value is -1.06.